The van der Waals surface area contributed by atoms with Crippen LogP contribution in [0.3, 0.4) is 0 Å². The van der Waals surface area contributed by atoms with Crippen molar-refractivity contribution in [3.8, 4) is 22.9 Å². The Kier molecular flexibility index (Phi) is 9.76. The highest BCUT2D eigenvalue weighted by Crippen LogP contribution is 2.49. The van der Waals surface area contributed by atoms with Crippen molar-refractivity contribution in [1.29, 1.82) is 0 Å². The molecule has 0 radical (unpaired) electrons. The van der Waals surface area contributed by atoms with Gasteiger partial charge in [-0.3, -0.25) is 9.59 Å². The zero-order valence-corrected chi connectivity index (χ0v) is 29.2. The zero-order valence-electron chi connectivity index (χ0n) is 29.2. The molecule has 1 amide bonds. The molecule has 8 rings (SSSR count). The molecule has 6 aromatic rings. The second-order valence-electron chi connectivity index (χ2n) is 13.7. The topological polar surface area (TPSA) is 158 Å². The quantitative estimate of drug-likeness (QED) is 0.131. The molecule has 56 heavy (non-hydrogen) atoms. The molecule has 0 spiro atoms. The minimum absolute atomic E-state index is 0.0827. The fourth-order valence-electron chi connectivity index (χ4n) is 6.21. The smallest absolute Gasteiger partial charge is 0.416 e. The number of carboxylic acid groups (broad SMARTS) is 1. The van der Waals surface area contributed by atoms with Crippen LogP contribution < -0.4 is 5.73 Å². The summed E-state index contributed by atoms with van der Waals surface area (Å²) in [5.41, 5.74) is 6.42. The molecule has 2 aliphatic carbocycles. The molecule has 0 bridgehead atoms. The van der Waals surface area contributed by atoms with E-state index in [2.05, 4.69) is 20.4 Å². The summed E-state index contributed by atoms with van der Waals surface area (Å²) in [5, 5.41) is 25.3. The van der Waals surface area contributed by atoms with Gasteiger partial charge in [0.15, 0.2) is 0 Å². The van der Waals surface area contributed by atoms with Crippen LogP contribution >= 0.6 is 0 Å². The Hall–Kier alpha value is -6.32. The largest absolute Gasteiger partial charge is 0.480 e. The first kappa shape index (κ1) is 38.0. The van der Waals surface area contributed by atoms with Gasteiger partial charge in [-0.15, -0.1) is 20.4 Å². The summed E-state index contributed by atoms with van der Waals surface area (Å²) in [6.45, 7) is 0. The van der Waals surface area contributed by atoms with Crippen LogP contribution in [-0.4, -0.2) is 37.4 Å². The third-order valence-corrected chi connectivity index (χ3v) is 9.90. The predicted octanol–water partition coefficient (Wildman–Crippen LogP) is 8.33. The van der Waals surface area contributed by atoms with E-state index >= 15 is 0 Å². The van der Waals surface area contributed by atoms with E-state index in [1.54, 1.807) is 30.3 Å². The van der Waals surface area contributed by atoms with Gasteiger partial charge in [-0.25, -0.2) is 0 Å². The van der Waals surface area contributed by atoms with E-state index < -0.39 is 46.2 Å². The van der Waals surface area contributed by atoms with Crippen molar-refractivity contribution in [1.82, 2.24) is 20.4 Å². The van der Waals surface area contributed by atoms with Gasteiger partial charge >= 0.3 is 18.3 Å². The lowest BCUT2D eigenvalue weighted by atomic mass is 9.99. The second-order valence-corrected chi connectivity index (χ2v) is 13.7. The number of aliphatic carboxylic acids is 1. The first-order valence-corrected chi connectivity index (χ1v) is 17.3. The molecule has 10 nitrogen and oxygen atoms in total. The monoisotopic (exact) mass is 775 g/mol. The molecule has 0 saturated heterocycles. The summed E-state index contributed by atoms with van der Waals surface area (Å²) < 4.78 is 87.7. The highest BCUT2D eigenvalue weighted by molar-refractivity contribution is 5.88. The Morgan fingerprint density at radius 3 is 1.30 bits per heavy atom. The van der Waals surface area contributed by atoms with Gasteiger partial charge < -0.3 is 19.7 Å². The molecular formula is C40H31F6N5O5. The van der Waals surface area contributed by atoms with Gasteiger partial charge in [-0.2, -0.15) is 26.3 Å². The average molecular weight is 776 g/mol. The standard InChI is InChI=1S/C20H16F3N3O2.C20H15F3N2O3/c21-20(22,23)14-7-5-12(6-8-14)11-13-3-1-2-4-15(13)16-25-26-18(28-16)19(9-10-19)17(24)27;21-20(22,23)14-7-5-12(6-8-14)11-13-3-1-2-4-15(13)16-24-25-17(28-16)19(9-10-19)18(26)27/h1-8H,9-11H2,(H2,24,27);1-8H,9-11H2,(H,26,27). The van der Waals surface area contributed by atoms with Gasteiger partial charge in [-0.05, 0) is 97.2 Å². The summed E-state index contributed by atoms with van der Waals surface area (Å²) >= 11 is 0. The Morgan fingerprint density at radius 2 is 0.964 bits per heavy atom. The normalized spacial score (nSPS) is 15.4. The van der Waals surface area contributed by atoms with Crippen LogP contribution in [0.15, 0.2) is 106 Å². The summed E-state index contributed by atoms with van der Waals surface area (Å²) in [6.07, 6.45) is -5.90. The number of carboxylic acids is 1. The van der Waals surface area contributed by atoms with E-state index in [1.807, 2.05) is 18.2 Å². The number of amides is 1. The van der Waals surface area contributed by atoms with E-state index in [0.717, 1.165) is 41.0 Å². The van der Waals surface area contributed by atoms with Gasteiger partial charge in [0.25, 0.3) is 0 Å². The summed E-state index contributed by atoms with van der Waals surface area (Å²) in [6, 6.07) is 24.4. The molecular weight excluding hydrogens is 744 g/mol. The van der Waals surface area contributed by atoms with E-state index in [1.165, 1.54) is 24.3 Å². The number of hydrogen-bond donors (Lipinski definition) is 2. The van der Waals surface area contributed by atoms with Crippen LogP contribution in [0.1, 0.15) is 70.8 Å². The molecule has 0 atom stereocenters. The fraction of sp³-hybridized carbons (Fsp3) is 0.250. The van der Waals surface area contributed by atoms with Crippen molar-refractivity contribution >= 4 is 11.9 Å². The van der Waals surface area contributed by atoms with Gasteiger partial charge in [0.2, 0.25) is 29.5 Å². The zero-order chi connectivity index (χ0) is 39.9. The van der Waals surface area contributed by atoms with Gasteiger partial charge in [-0.1, -0.05) is 60.7 Å². The summed E-state index contributed by atoms with van der Waals surface area (Å²) in [7, 11) is 0. The third kappa shape index (κ3) is 7.76. The van der Waals surface area contributed by atoms with Gasteiger partial charge in [0, 0.05) is 11.1 Å². The number of aromatic nitrogens is 4. The number of benzene rings is 4. The molecule has 2 aromatic heterocycles. The number of alkyl halides is 6. The summed E-state index contributed by atoms with van der Waals surface area (Å²) in [5.74, 6) is -0.727. The SMILES string of the molecule is NC(=O)C1(c2nnc(-c3ccccc3Cc3ccc(C(F)(F)F)cc3)o2)CC1.O=C(O)C1(c2nnc(-c3ccccc3Cc3ccc(C(F)(F)F)cc3)o2)CC1. The molecule has 16 heteroatoms. The molecule has 4 aromatic carbocycles. The molecule has 0 aliphatic heterocycles. The van der Waals surface area contributed by atoms with Gasteiger partial charge in [0.1, 0.15) is 10.8 Å². The van der Waals surface area contributed by atoms with Crippen molar-refractivity contribution in [2.45, 2.75) is 61.7 Å². The Balaban J connectivity index is 0.000000172. The molecule has 2 fully saturated rings. The number of rotatable bonds is 10. The van der Waals surface area contributed by atoms with Crippen molar-refractivity contribution in [3.05, 3.63) is 142 Å². The lowest BCUT2D eigenvalue weighted by Crippen LogP contribution is -2.28. The summed E-state index contributed by atoms with van der Waals surface area (Å²) in [4.78, 5) is 23.1. The minimum atomic E-state index is -4.38. The molecule has 0 unspecified atom stereocenters. The Labute approximate surface area is 314 Å². The number of carbonyl (C=O) groups excluding carboxylic acids is 1. The van der Waals surface area contributed by atoms with Gasteiger partial charge in [0.05, 0.1) is 11.1 Å². The number of carbonyl (C=O) groups is 2. The molecule has 288 valence electrons. The highest BCUT2D eigenvalue weighted by Gasteiger charge is 2.57. The van der Waals surface area contributed by atoms with Crippen LogP contribution in [0.25, 0.3) is 22.9 Å². The minimum Gasteiger partial charge on any atom is -0.480 e. The van der Waals surface area contributed by atoms with E-state index in [4.69, 9.17) is 14.6 Å². The van der Waals surface area contributed by atoms with Crippen LogP contribution in [0, 0.1) is 0 Å². The Morgan fingerprint density at radius 1 is 0.589 bits per heavy atom. The molecule has 2 saturated carbocycles. The lowest BCUT2D eigenvalue weighted by Gasteiger charge is -2.09. The van der Waals surface area contributed by atoms with Crippen LogP contribution in [0.2, 0.25) is 0 Å². The van der Waals surface area contributed by atoms with Crippen LogP contribution in [0.5, 0.6) is 0 Å². The molecule has 2 heterocycles. The fourth-order valence-corrected chi connectivity index (χ4v) is 6.21. The van der Waals surface area contributed by atoms with Crippen molar-refractivity contribution in [2.24, 2.45) is 5.73 Å². The van der Waals surface area contributed by atoms with Crippen LogP contribution in [0.4, 0.5) is 26.3 Å². The maximum atomic E-state index is 12.7. The van der Waals surface area contributed by atoms with Crippen molar-refractivity contribution in [3.63, 3.8) is 0 Å². The first-order chi connectivity index (χ1) is 26.6. The van der Waals surface area contributed by atoms with E-state index in [-0.39, 0.29) is 23.6 Å². The molecule has 2 aliphatic rings. The number of nitrogens with zero attached hydrogens (tertiary/aromatic N) is 4. The van der Waals surface area contributed by atoms with Crippen LogP contribution in [-0.2, 0) is 45.6 Å². The number of primary amides is 1. The predicted molar refractivity (Wildman–Crippen MR) is 187 cm³/mol. The highest BCUT2D eigenvalue weighted by atomic mass is 19.4. The van der Waals surface area contributed by atoms with Crippen molar-refractivity contribution in [2.75, 3.05) is 0 Å². The van der Waals surface area contributed by atoms with E-state index in [0.29, 0.717) is 55.2 Å². The number of nitrogens with two attached hydrogens (primary N) is 1. The van der Waals surface area contributed by atoms with E-state index in [9.17, 15) is 41.0 Å². The third-order valence-electron chi connectivity index (χ3n) is 9.90. The number of hydrogen-bond acceptors (Lipinski definition) is 8. The van der Waals surface area contributed by atoms with Crippen molar-refractivity contribution < 1.29 is 49.9 Å². The first-order valence-electron chi connectivity index (χ1n) is 17.3. The molecule has 3 N–H and O–H groups in total. The maximum absolute atomic E-state index is 12.7. The second kappa shape index (κ2) is 14.4. The Bertz CT molecular complexity index is 2210. The average Bonchev–Trinajstić information content (AvgIpc) is 4.05. The number of halogens is 6. The lowest BCUT2D eigenvalue weighted by molar-refractivity contribution is -0.141. The maximum Gasteiger partial charge on any atom is 0.416 e.